The highest BCUT2D eigenvalue weighted by molar-refractivity contribution is 7.89. The number of fused-ring (bicyclic) bond motifs is 1. The van der Waals surface area contributed by atoms with Gasteiger partial charge in [-0.1, -0.05) is 6.07 Å². The molecule has 1 amide bonds. The summed E-state index contributed by atoms with van der Waals surface area (Å²) in [5.74, 6) is 0.715. The number of ether oxygens (including phenoxy) is 3. The van der Waals surface area contributed by atoms with Crippen LogP contribution in [0, 0.1) is 5.92 Å². The summed E-state index contributed by atoms with van der Waals surface area (Å²) in [6, 6.07) is 7.99. The molecule has 176 valence electrons. The van der Waals surface area contributed by atoms with Crippen molar-refractivity contribution in [2.75, 3.05) is 39.7 Å². The molecule has 0 radical (unpaired) electrons. The predicted molar refractivity (Wildman–Crippen MR) is 118 cm³/mol. The number of rotatable bonds is 7. The van der Waals surface area contributed by atoms with Crippen LogP contribution in [0.5, 0.6) is 17.2 Å². The number of aromatic nitrogens is 2. The average molecular weight is 477 g/mol. The number of benzene rings is 2. The lowest BCUT2D eigenvalue weighted by molar-refractivity contribution is -0.120. The van der Waals surface area contributed by atoms with Gasteiger partial charge in [0, 0.05) is 36.8 Å². The second-order valence-electron chi connectivity index (χ2n) is 7.47. The molecule has 2 heterocycles. The van der Waals surface area contributed by atoms with E-state index in [1.54, 1.807) is 24.3 Å². The van der Waals surface area contributed by atoms with Gasteiger partial charge in [-0.2, -0.15) is 4.31 Å². The molecule has 12 heteroatoms. The van der Waals surface area contributed by atoms with Gasteiger partial charge < -0.3 is 19.5 Å². The predicted octanol–water partition coefficient (Wildman–Crippen LogP) is 2.29. The second-order valence-corrected chi connectivity index (χ2v) is 9.38. The summed E-state index contributed by atoms with van der Waals surface area (Å²) in [4.78, 5) is 12.9. The van der Waals surface area contributed by atoms with Crippen molar-refractivity contribution in [2.24, 2.45) is 5.92 Å². The highest BCUT2D eigenvalue weighted by atomic mass is 32.2. The second kappa shape index (κ2) is 9.24. The van der Waals surface area contributed by atoms with Gasteiger partial charge in [0.15, 0.2) is 17.0 Å². The van der Waals surface area contributed by atoms with E-state index in [1.807, 2.05) is 0 Å². The maximum Gasteiger partial charge on any atom is 0.245 e. The number of hydrogen-bond acceptors (Lipinski definition) is 9. The van der Waals surface area contributed by atoms with Gasteiger partial charge in [0.25, 0.3) is 0 Å². The summed E-state index contributed by atoms with van der Waals surface area (Å²) in [5, 5.41) is 10.3. The van der Waals surface area contributed by atoms with Gasteiger partial charge in [-0.15, -0.1) is 0 Å². The van der Waals surface area contributed by atoms with Crippen molar-refractivity contribution in [3.05, 3.63) is 30.3 Å². The van der Waals surface area contributed by atoms with Crippen molar-refractivity contribution >= 4 is 32.7 Å². The van der Waals surface area contributed by atoms with Crippen LogP contribution < -0.4 is 19.5 Å². The molecule has 0 bridgehead atoms. The van der Waals surface area contributed by atoms with Crippen molar-refractivity contribution in [3.8, 4) is 17.2 Å². The number of sulfonamides is 1. The third-order valence-corrected chi connectivity index (χ3v) is 7.55. The normalized spacial score (nSPS) is 15.4. The maximum absolute atomic E-state index is 13.1. The molecule has 2 aromatic carbocycles. The minimum absolute atomic E-state index is 0.0431. The van der Waals surface area contributed by atoms with Gasteiger partial charge in [-0.25, -0.2) is 13.0 Å². The number of carbonyl (C=O) groups is 1. The Kier molecular flexibility index (Phi) is 6.38. The molecule has 1 fully saturated rings. The quantitative estimate of drug-likeness (QED) is 0.545. The third kappa shape index (κ3) is 4.31. The van der Waals surface area contributed by atoms with E-state index in [4.69, 9.17) is 14.2 Å². The number of nitrogens with one attached hydrogen (secondary N) is 1. The van der Waals surface area contributed by atoms with E-state index >= 15 is 0 Å². The molecule has 11 nitrogen and oxygen atoms in total. The molecule has 33 heavy (non-hydrogen) atoms. The molecular weight excluding hydrogens is 452 g/mol. The van der Waals surface area contributed by atoms with Gasteiger partial charge in [0.05, 0.1) is 21.3 Å². The lowest BCUT2D eigenvalue weighted by Crippen LogP contribution is -2.41. The molecule has 0 saturated carbocycles. The van der Waals surface area contributed by atoms with Crippen molar-refractivity contribution in [1.29, 1.82) is 0 Å². The zero-order chi connectivity index (χ0) is 23.6. The van der Waals surface area contributed by atoms with Crippen LogP contribution in [0.25, 0.3) is 11.0 Å². The average Bonchev–Trinajstić information content (AvgIpc) is 3.32. The largest absolute Gasteiger partial charge is 0.493 e. The lowest BCUT2D eigenvalue weighted by atomic mass is 9.97. The van der Waals surface area contributed by atoms with E-state index in [2.05, 4.69) is 20.3 Å². The van der Waals surface area contributed by atoms with Gasteiger partial charge in [0.2, 0.25) is 21.7 Å². The first-order chi connectivity index (χ1) is 15.9. The highest BCUT2D eigenvalue weighted by Gasteiger charge is 2.34. The van der Waals surface area contributed by atoms with Crippen LogP contribution in [0.2, 0.25) is 0 Å². The van der Waals surface area contributed by atoms with Gasteiger partial charge in [0.1, 0.15) is 10.4 Å². The summed E-state index contributed by atoms with van der Waals surface area (Å²) < 4.78 is 48.3. The van der Waals surface area contributed by atoms with E-state index in [0.29, 0.717) is 41.3 Å². The topological polar surface area (TPSA) is 133 Å². The minimum Gasteiger partial charge on any atom is -0.493 e. The molecule has 0 atom stereocenters. The number of hydrogen-bond donors (Lipinski definition) is 1. The number of methoxy groups -OCH3 is 3. The van der Waals surface area contributed by atoms with Gasteiger partial charge in [-0.3, -0.25) is 4.79 Å². The van der Waals surface area contributed by atoms with Crippen molar-refractivity contribution in [2.45, 2.75) is 17.7 Å². The van der Waals surface area contributed by atoms with Crippen molar-refractivity contribution < 1.29 is 32.1 Å². The maximum atomic E-state index is 13.1. The van der Waals surface area contributed by atoms with E-state index in [9.17, 15) is 13.2 Å². The minimum atomic E-state index is -3.80. The molecule has 1 aliphatic rings. The van der Waals surface area contributed by atoms with Crippen LogP contribution in [0.15, 0.2) is 39.9 Å². The Hall–Kier alpha value is -3.38. The number of anilines is 1. The molecule has 1 aromatic heterocycles. The third-order valence-electron chi connectivity index (χ3n) is 5.62. The van der Waals surface area contributed by atoms with Crippen LogP contribution in [0.4, 0.5) is 5.69 Å². The van der Waals surface area contributed by atoms with Crippen LogP contribution in [-0.2, 0) is 14.8 Å². The zero-order valence-corrected chi connectivity index (χ0v) is 19.2. The first-order valence-electron chi connectivity index (χ1n) is 10.2. The molecule has 1 saturated heterocycles. The van der Waals surface area contributed by atoms with E-state index in [-0.39, 0.29) is 35.3 Å². The monoisotopic (exact) mass is 476 g/mol. The zero-order valence-electron chi connectivity index (χ0n) is 18.4. The summed E-state index contributed by atoms with van der Waals surface area (Å²) >= 11 is 0. The Morgan fingerprint density at radius 3 is 2.33 bits per heavy atom. The standard InChI is InChI=1S/C21H24N4O7S/c1-29-16-11-14(12-17(30-2)20(16)31-3)22-21(26)13-7-9-25(10-8-13)33(27,28)18-6-4-5-15-19(18)24-32-23-15/h4-6,11-13H,7-10H2,1-3H3,(H,22,26). The first kappa shape index (κ1) is 22.8. The van der Waals surface area contributed by atoms with Crippen LogP contribution >= 0.6 is 0 Å². The van der Waals surface area contributed by atoms with E-state index in [1.165, 1.54) is 31.7 Å². The molecule has 0 spiro atoms. The molecule has 0 aliphatic carbocycles. The fourth-order valence-corrected chi connectivity index (χ4v) is 5.49. The Balaban J connectivity index is 1.45. The molecular formula is C21H24N4O7S. The number of nitrogens with zero attached hydrogens (tertiary/aromatic N) is 3. The summed E-state index contributed by atoms with van der Waals surface area (Å²) in [6.07, 6.45) is 0.755. The van der Waals surface area contributed by atoms with Crippen LogP contribution in [-0.4, -0.2) is 63.4 Å². The Morgan fingerprint density at radius 2 is 1.73 bits per heavy atom. The van der Waals surface area contributed by atoms with Gasteiger partial charge in [-0.05, 0) is 35.3 Å². The Bertz CT molecular complexity index is 1240. The molecule has 0 unspecified atom stereocenters. The molecule has 3 aromatic rings. The number of piperidine rings is 1. The fraction of sp³-hybridized carbons (Fsp3) is 0.381. The molecule has 1 aliphatic heterocycles. The van der Waals surface area contributed by atoms with Crippen molar-refractivity contribution in [1.82, 2.24) is 14.6 Å². The van der Waals surface area contributed by atoms with E-state index in [0.717, 1.165) is 0 Å². The SMILES string of the molecule is COc1cc(NC(=O)C2CCN(S(=O)(=O)c3cccc4nonc34)CC2)cc(OC)c1OC. The smallest absolute Gasteiger partial charge is 0.245 e. The highest BCUT2D eigenvalue weighted by Crippen LogP contribution is 2.40. The lowest BCUT2D eigenvalue weighted by Gasteiger charge is -2.30. The first-order valence-corrected chi connectivity index (χ1v) is 11.7. The van der Waals surface area contributed by atoms with Gasteiger partial charge >= 0.3 is 0 Å². The summed E-state index contributed by atoms with van der Waals surface area (Å²) in [5.41, 5.74) is 1.06. The molecule has 4 rings (SSSR count). The number of carbonyl (C=O) groups excluding carboxylic acids is 1. The Labute approximate surface area is 190 Å². The molecule has 1 N–H and O–H groups in total. The fourth-order valence-electron chi connectivity index (χ4n) is 3.88. The van der Waals surface area contributed by atoms with Crippen LogP contribution in [0.1, 0.15) is 12.8 Å². The van der Waals surface area contributed by atoms with E-state index < -0.39 is 10.0 Å². The summed E-state index contributed by atoms with van der Waals surface area (Å²) in [6.45, 7) is 0.411. The number of amides is 1. The van der Waals surface area contributed by atoms with Crippen LogP contribution in [0.3, 0.4) is 0 Å². The summed E-state index contributed by atoms with van der Waals surface area (Å²) in [7, 11) is 0.689. The van der Waals surface area contributed by atoms with Crippen molar-refractivity contribution in [3.63, 3.8) is 0 Å². The Morgan fingerprint density at radius 1 is 1.06 bits per heavy atom.